The van der Waals surface area contributed by atoms with Gasteiger partial charge in [-0.2, -0.15) is 0 Å². The molecule has 0 fully saturated rings. The number of carbonyl (C=O) groups is 2. The van der Waals surface area contributed by atoms with Gasteiger partial charge in [-0.3, -0.25) is 10.1 Å². The number of urea groups is 1. The third-order valence-electron chi connectivity index (χ3n) is 3.13. The number of hydrogen-bond acceptors (Lipinski definition) is 9. The fraction of sp³-hybridized carbons (Fsp3) is 0.200. The lowest BCUT2D eigenvalue weighted by atomic mass is 10.2. The van der Waals surface area contributed by atoms with Crippen LogP contribution < -0.4 is 31.6 Å². The fourth-order valence-corrected chi connectivity index (χ4v) is 2.78. The first kappa shape index (κ1) is 17.6. The number of nitrogens with one attached hydrogen (secondary N) is 2. The Morgan fingerprint density at radius 3 is 2.50 bits per heavy atom. The Kier molecular flexibility index (Phi) is 5.27. The Balaban J connectivity index is 1.50. The number of nitrogen functional groups attached to an aromatic ring is 2. The maximum atomic E-state index is 11.9. The molecule has 0 saturated heterocycles. The van der Waals surface area contributed by atoms with Gasteiger partial charge in [-0.15, -0.1) is 0 Å². The van der Waals surface area contributed by atoms with Crippen molar-refractivity contribution >= 4 is 41.0 Å². The van der Waals surface area contributed by atoms with Gasteiger partial charge in [0.1, 0.15) is 24.8 Å². The van der Waals surface area contributed by atoms with Crippen LogP contribution in [-0.4, -0.2) is 40.9 Å². The monoisotopic (exact) mass is 376 g/mol. The number of carbonyl (C=O) groups excluding carboxylic acids is 2. The lowest BCUT2D eigenvalue weighted by molar-refractivity contribution is -0.117. The number of fused-ring (bicyclic) bond motifs is 1. The van der Waals surface area contributed by atoms with E-state index in [1.807, 2.05) is 0 Å². The summed E-state index contributed by atoms with van der Waals surface area (Å²) in [6.07, 6.45) is 0. The predicted molar refractivity (Wildman–Crippen MR) is 96.2 cm³/mol. The van der Waals surface area contributed by atoms with E-state index >= 15 is 0 Å². The number of nitrogens with zero attached hydrogens (tertiary/aromatic N) is 2. The van der Waals surface area contributed by atoms with Crippen molar-refractivity contribution in [1.82, 2.24) is 15.3 Å². The van der Waals surface area contributed by atoms with Gasteiger partial charge < -0.3 is 26.3 Å². The summed E-state index contributed by atoms with van der Waals surface area (Å²) in [7, 11) is 0. The summed E-state index contributed by atoms with van der Waals surface area (Å²) in [4.78, 5) is 31.7. The lowest BCUT2D eigenvalue weighted by Gasteiger charge is -2.19. The van der Waals surface area contributed by atoms with E-state index in [4.69, 9.17) is 20.9 Å². The number of benzene rings is 1. The van der Waals surface area contributed by atoms with Crippen molar-refractivity contribution in [3.05, 3.63) is 24.3 Å². The molecule has 0 atom stereocenters. The number of anilines is 3. The Morgan fingerprint density at radius 2 is 1.77 bits per heavy atom. The third-order valence-corrected chi connectivity index (χ3v) is 3.98. The van der Waals surface area contributed by atoms with Crippen molar-refractivity contribution in [2.24, 2.45) is 0 Å². The van der Waals surface area contributed by atoms with Crippen molar-refractivity contribution in [3.8, 4) is 11.5 Å². The molecule has 1 aliphatic rings. The number of ether oxygens (including phenoxy) is 2. The van der Waals surface area contributed by atoms with E-state index < -0.39 is 11.9 Å². The minimum absolute atomic E-state index is 0.0720. The van der Waals surface area contributed by atoms with E-state index in [2.05, 4.69) is 20.6 Å². The fourth-order valence-electron chi connectivity index (χ4n) is 2.10. The number of thioether (sulfide) groups is 1. The Morgan fingerprint density at radius 1 is 1.08 bits per heavy atom. The molecule has 3 amide bonds. The van der Waals surface area contributed by atoms with Crippen molar-refractivity contribution < 1.29 is 19.1 Å². The summed E-state index contributed by atoms with van der Waals surface area (Å²) in [5, 5.41) is 5.01. The molecule has 0 unspecified atom stereocenters. The van der Waals surface area contributed by atoms with Crippen LogP contribution in [-0.2, 0) is 4.79 Å². The quantitative estimate of drug-likeness (QED) is 0.449. The molecule has 2 aromatic rings. The van der Waals surface area contributed by atoms with E-state index in [1.54, 1.807) is 18.2 Å². The summed E-state index contributed by atoms with van der Waals surface area (Å²) in [6, 6.07) is 5.70. The SMILES string of the molecule is Nc1cc(N)nc(SCC(=O)NC(=O)Nc2ccc3c(c2)OCCO3)n1. The largest absolute Gasteiger partial charge is 0.486 e. The number of amides is 3. The van der Waals surface area contributed by atoms with Crippen LogP contribution in [0, 0.1) is 0 Å². The molecule has 0 spiro atoms. The van der Waals surface area contributed by atoms with E-state index in [0.29, 0.717) is 30.4 Å². The highest BCUT2D eigenvalue weighted by molar-refractivity contribution is 7.99. The normalized spacial score (nSPS) is 12.3. The summed E-state index contributed by atoms with van der Waals surface area (Å²) >= 11 is 1.01. The second-order valence-electron chi connectivity index (χ2n) is 5.15. The van der Waals surface area contributed by atoms with Crippen LogP contribution in [0.4, 0.5) is 22.1 Å². The lowest BCUT2D eigenvalue weighted by Crippen LogP contribution is -2.35. The van der Waals surface area contributed by atoms with E-state index in [1.165, 1.54) is 6.07 Å². The van der Waals surface area contributed by atoms with Gasteiger partial charge in [0.25, 0.3) is 0 Å². The first-order valence-corrected chi connectivity index (χ1v) is 8.51. The summed E-state index contributed by atoms with van der Waals surface area (Å²) in [6.45, 7) is 0.920. The summed E-state index contributed by atoms with van der Waals surface area (Å²) in [5.74, 6) is 0.962. The zero-order valence-corrected chi connectivity index (χ0v) is 14.3. The minimum atomic E-state index is -0.666. The Hall–Kier alpha value is -3.21. The average molecular weight is 376 g/mol. The standard InChI is InChI=1S/C15H16N6O4S/c16-11-6-12(17)20-15(19-11)26-7-13(22)21-14(23)18-8-1-2-9-10(5-8)25-4-3-24-9/h1-2,5-6H,3-4,7H2,(H4,16,17,19,20)(H2,18,21,22,23). The molecule has 6 N–H and O–H groups in total. The van der Waals surface area contributed by atoms with Crippen LogP contribution in [0.3, 0.4) is 0 Å². The Bertz CT molecular complexity index is 827. The van der Waals surface area contributed by atoms with Gasteiger partial charge in [-0.05, 0) is 12.1 Å². The van der Waals surface area contributed by atoms with Crippen LogP contribution in [0.5, 0.6) is 11.5 Å². The maximum Gasteiger partial charge on any atom is 0.325 e. The van der Waals surface area contributed by atoms with E-state index in [9.17, 15) is 9.59 Å². The number of hydrogen-bond donors (Lipinski definition) is 4. The van der Waals surface area contributed by atoms with Crippen LogP contribution >= 0.6 is 11.8 Å². The smallest absolute Gasteiger partial charge is 0.325 e. The highest BCUT2D eigenvalue weighted by atomic mass is 32.2. The first-order valence-electron chi connectivity index (χ1n) is 7.53. The molecule has 0 saturated carbocycles. The van der Waals surface area contributed by atoms with Crippen molar-refractivity contribution in [3.63, 3.8) is 0 Å². The second kappa shape index (κ2) is 7.78. The van der Waals surface area contributed by atoms with Crippen molar-refractivity contribution in [1.29, 1.82) is 0 Å². The van der Waals surface area contributed by atoms with Crippen LogP contribution in [0.15, 0.2) is 29.4 Å². The number of imide groups is 1. The molecule has 1 aromatic heterocycles. The van der Waals surface area contributed by atoms with Gasteiger partial charge in [-0.25, -0.2) is 14.8 Å². The number of aromatic nitrogens is 2. The molecule has 2 heterocycles. The summed E-state index contributed by atoms with van der Waals surface area (Å²) in [5.41, 5.74) is 11.6. The molecule has 136 valence electrons. The van der Waals surface area contributed by atoms with Crippen LogP contribution in [0.1, 0.15) is 0 Å². The molecule has 1 aliphatic heterocycles. The van der Waals surface area contributed by atoms with E-state index in [-0.39, 0.29) is 22.5 Å². The highest BCUT2D eigenvalue weighted by Crippen LogP contribution is 2.32. The van der Waals surface area contributed by atoms with Crippen LogP contribution in [0.2, 0.25) is 0 Å². The molecule has 1 aromatic carbocycles. The van der Waals surface area contributed by atoms with Gasteiger partial charge >= 0.3 is 6.03 Å². The molecule has 3 rings (SSSR count). The maximum absolute atomic E-state index is 11.9. The summed E-state index contributed by atoms with van der Waals surface area (Å²) < 4.78 is 10.8. The van der Waals surface area contributed by atoms with Gasteiger partial charge in [0.15, 0.2) is 16.7 Å². The Labute approximate surface area is 152 Å². The predicted octanol–water partition coefficient (Wildman–Crippen LogP) is 0.853. The topological polar surface area (TPSA) is 154 Å². The van der Waals surface area contributed by atoms with Gasteiger partial charge in [0, 0.05) is 17.8 Å². The van der Waals surface area contributed by atoms with E-state index in [0.717, 1.165) is 11.8 Å². The van der Waals surface area contributed by atoms with Crippen LogP contribution in [0.25, 0.3) is 0 Å². The second-order valence-corrected chi connectivity index (χ2v) is 6.09. The number of nitrogens with two attached hydrogens (primary N) is 2. The average Bonchev–Trinajstić information content (AvgIpc) is 2.59. The molecule has 0 bridgehead atoms. The molecule has 0 aliphatic carbocycles. The minimum Gasteiger partial charge on any atom is -0.486 e. The van der Waals surface area contributed by atoms with Crippen molar-refractivity contribution in [2.45, 2.75) is 5.16 Å². The molecule has 26 heavy (non-hydrogen) atoms. The third kappa shape index (κ3) is 4.66. The molecule has 10 nitrogen and oxygen atoms in total. The molecule has 11 heteroatoms. The zero-order chi connectivity index (χ0) is 18.5. The molecule has 0 radical (unpaired) electrons. The van der Waals surface area contributed by atoms with Crippen molar-refractivity contribution in [2.75, 3.05) is 35.8 Å². The molecular weight excluding hydrogens is 360 g/mol. The van der Waals surface area contributed by atoms with Gasteiger partial charge in [-0.1, -0.05) is 11.8 Å². The number of rotatable bonds is 4. The molecular formula is C15H16N6O4S. The zero-order valence-electron chi connectivity index (χ0n) is 13.5. The first-order chi connectivity index (χ1) is 12.5. The highest BCUT2D eigenvalue weighted by Gasteiger charge is 2.14. The van der Waals surface area contributed by atoms with Gasteiger partial charge in [0.2, 0.25) is 5.91 Å². The van der Waals surface area contributed by atoms with Gasteiger partial charge in [0.05, 0.1) is 5.75 Å².